The fraction of sp³-hybridized carbons (Fsp3) is 0.500. The molecule has 0 unspecified atom stereocenters. The first-order valence-corrected chi connectivity index (χ1v) is 6.40. The van der Waals surface area contributed by atoms with Crippen LogP contribution in [0.4, 0.5) is 4.79 Å². The highest BCUT2D eigenvalue weighted by Gasteiger charge is 2.22. The van der Waals surface area contributed by atoms with Crippen molar-refractivity contribution >= 4 is 6.03 Å². The second-order valence-electron chi connectivity index (χ2n) is 5.16. The minimum atomic E-state index is -0.0603. The molecule has 0 bridgehead atoms. The van der Waals surface area contributed by atoms with Crippen LogP contribution in [0.1, 0.15) is 24.0 Å². The fourth-order valence-corrected chi connectivity index (χ4v) is 1.77. The van der Waals surface area contributed by atoms with Gasteiger partial charge in [0.05, 0.1) is 0 Å². The number of carbonyl (C=O) groups excluding carboxylic acids is 1. The van der Waals surface area contributed by atoms with Gasteiger partial charge in [0.15, 0.2) is 0 Å². The highest BCUT2D eigenvalue weighted by Crippen LogP contribution is 2.18. The van der Waals surface area contributed by atoms with Gasteiger partial charge in [0.25, 0.3) is 0 Å². The minimum absolute atomic E-state index is 0.0603. The minimum Gasteiger partial charge on any atom is -0.335 e. The lowest BCUT2D eigenvalue weighted by molar-refractivity contribution is 0.240. The van der Waals surface area contributed by atoms with E-state index in [1.165, 1.54) is 5.56 Å². The first kappa shape index (κ1) is 12.9. The van der Waals surface area contributed by atoms with Crippen LogP contribution >= 0.6 is 0 Å². The third kappa shape index (κ3) is 4.37. The van der Waals surface area contributed by atoms with E-state index in [0.29, 0.717) is 12.6 Å². The summed E-state index contributed by atoms with van der Waals surface area (Å²) in [4.78, 5) is 13.6. The van der Waals surface area contributed by atoms with E-state index in [2.05, 4.69) is 53.9 Å². The number of hydrogen-bond donors (Lipinski definition) is 2. The van der Waals surface area contributed by atoms with Crippen molar-refractivity contribution in [3.05, 3.63) is 35.4 Å². The summed E-state index contributed by atoms with van der Waals surface area (Å²) in [7, 11) is 4.11. The maximum atomic E-state index is 11.5. The lowest BCUT2D eigenvalue weighted by Gasteiger charge is -2.10. The van der Waals surface area contributed by atoms with E-state index in [4.69, 9.17) is 0 Å². The van der Waals surface area contributed by atoms with Crippen molar-refractivity contribution in [3.63, 3.8) is 0 Å². The molecule has 18 heavy (non-hydrogen) atoms. The summed E-state index contributed by atoms with van der Waals surface area (Å²) in [6.07, 6.45) is 2.24. The number of amides is 2. The maximum absolute atomic E-state index is 11.5. The van der Waals surface area contributed by atoms with E-state index in [1.54, 1.807) is 0 Å². The van der Waals surface area contributed by atoms with Crippen LogP contribution in [-0.4, -0.2) is 31.1 Å². The van der Waals surface area contributed by atoms with E-state index in [1.807, 2.05) is 0 Å². The SMILES string of the molecule is CN(C)Cc1ccc(CNC(=O)NC2CC2)cc1. The van der Waals surface area contributed by atoms with Crippen LogP contribution in [0.15, 0.2) is 24.3 Å². The molecular weight excluding hydrogens is 226 g/mol. The number of urea groups is 1. The van der Waals surface area contributed by atoms with E-state index < -0.39 is 0 Å². The summed E-state index contributed by atoms with van der Waals surface area (Å²) < 4.78 is 0. The van der Waals surface area contributed by atoms with Gasteiger partial charge in [0.1, 0.15) is 0 Å². The zero-order valence-electron chi connectivity index (χ0n) is 11.1. The van der Waals surface area contributed by atoms with Crippen molar-refractivity contribution < 1.29 is 4.79 Å². The van der Waals surface area contributed by atoms with Crippen molar-refractivity contribution in [1.82, 2.24) is 15.5 Å². The lowest BCUT2D eigenvalue weighted by Crippen LogP contribution is -2.36. The van der Waals surface area contributed by atoms with Crippen molar-refractivity contribution in [2.45, 2.75) is 32.0 Å². The van der Waals surface area contributed by atoms with Gasteiger partial charge in [0.2, 0.25) is 0 Å². The predicted molar refractivity (Wildman–Crippen MR) is 72.2 cm³/mol. The molecule has 0 spiro atoms. The Hall–Kier alpha value is -1.55. The van der Waals surface area contributed by atoms with Crippen LogP contribution in [0.5, 0.6) is 0 Å². The molecule has 1 aromatic rings. The van der Waals surface area contributed by atoms with Gasteiger partial charge in [-0.05, 0) is 38.1 Å². The summed E-state index contributed by atoms with van der Waals surface area (Å²) in [6, 6.07) is 8.69. The number of nitrogens with zero attached hydrogens (tertiary/aromatic N) is 1. The summed E-state index contributed by atoms with van der Waals surface area (Å²) in [5.41, 5.74) is 2.41. The van der Waals surface area contributed by atoms with Gasteiger partial charge in [-0.15, -0.1) is 0 Å². The van der Waals surface area contributed by atoms with Crippen molar-refractivity contribution in [1.29, 1.82) is 0 Å². The molecule has 1 saturated carbocycles. The molecule has 1 aliphatic rings. The Morgan fingerprint density at radius 3 is 2.39 bits per heavy atom. The molecule has 4 heteroatoms. The van der Waals surface area contributed by atoms with Gasteiger partial charge in [-0.1, -0.05) is 24.3 Å². The van der Waals surface area contributed by atoms with Gasteiger partial charge < -0.3 is 15.5 Å². The van der Waals surface area contributed by atoms with Crippen molar-refractivity contribution in [2.75, 3.05) is 14.1 Å². The van der Waals surface area contributed by atoms with Gasteiger partial charge in [-0.2, -0.15) is 0 Å². The summed E-state index contributed by atoms with van der Waals surface area (Å²) >= 11 is 0. The van der Waals surface area contributed by atoms with Crippen LogP contribution in [0, 0.1) is 0 Å². The summed E-state index contributed by atoms with van der Waals surface area (Å²) in [5.74, 6) is 0. The molecule has 0 heterocycles. The second-order valence-corrected chi connectivity index (χ2v) is 5.16. The van der Waals surface area contributed by atoms with Crippen LogP contribution in [0.3, 0.4) is 0 Å². The van der Waals surface area contributed by atoms with Crippen LogP contribution in [0.2, 0.25) is 0 Å². The summed E-state index contributed by atoms with van der Waals surface area (Å²) in [6.45, 7) is 1.52. The number of rotatable bonds is 5. The molecule has 4 nitrogen and oxygen atoms in total. The van der Waals surface area contributed by atoms with Crippen LogP contribution in [0.25, 0.3) is 0 Å². The molecule has 0 aromatic heterocycles. The van der Waals surface area contributed by atoms with Gasteiger partial charge >= 0.3 is 6.03 Å². The zero-order chi connectivity index (χ0) is 13.0. The van der Waals surface area contributed by atoms with E-state index in [0.717, 1.165) is 24.9 Å². The number of hydrogen-bond acceptors (Lipinski definition) is 2. The van der Waals surface area contributed by atoms with E-state index in [9.17, 15) is 4.79 Å². The maximum Gasteiger partial charge on any atom is 0.315 e. The Morgan fingerprint density at radius 2 is 1.83 bits per heavy atom. The predicted octanol–water partition coefficient (Wildman–Crippen LogP) is 1.71. The monoisotopic (exact) mass is 247 g/mol. The number of nitrogens with one attached hydrogen (secondary N) is 2. The van der Waals surface area contributed by atoms with Crippen molar-refractivity contribution in [3.8, 4) is 0 Å². The molecule has 2 amide bonds. The lowest BCUT2D eigenvalue weighted by atomic mass is 10.1. The highest BCUT2D eigenvalue weighted by atomic mass is 16.2. The smallest absolute Gasteiger partial charge is 0.315 e. The van der Waals surface area contributed by atoms with E-state index >= 15 is 0 Å². The Labute approximate surface area is 108 Å². The molecule has 98 valence electrons. The Balaban J connectivity index is 1.76. The fourth-order valence-electron chi connectivity index (χ4n) is 1.77. The topological polar surface area (TPSA) is 44.4 Å². The van der Waals surface area contributed by atoms with Gasteiger partial charge in [-0.3, -0.25) is 0 Å². The Morgan fingerprint density at radius 1 is 1.22 bits per heavy atom. The number of carbonyl (C=O) groups is 1. The highest BCUT2D eigenvalue weighted by molar-refractivity contribution is 5.74. The quantitative estimate of drug-likeness (QED) is 0.832. The van der Waals surface area contributed by atoms with E-state index in [-0.39, 0.29) is 6.03 Å². The normalized spacial score (nSPS) is 14.6. The molecule has 0 saturated heterocycles. The first-order chi connectivity index (χ1) is 8.63. The average Bonchev–Trinajstić information content (AvgIpc) is 3.11. The van der Waals surface area contributed by atoms with Gasteiger partial charge in [-0.25, -0.2) is 4.79 Å². The van der Waals surface area contributed by atoms with Crippen LogP contribution in [-0.2, 0) is 13.1 Å². The van der Waals surface area contributed by atoms with Crippen molar-refractivity contribution in [2.24, 2.45) is 0 Å². The molecule has 2 rings (SSSR count). The largest absolute Gasteiger partial charge is 0.335 e. The van der Waals surface area contributed by atoms with Crippen LogP contribution < -0.4 is 10.6 Å². The third-order valence-electron chi connectivity index (χ3n) is 2.89. The molecule has 0 atom stereocenters. The van der Waals surface area contributed by atoms with Gasteiger partial charge in [0, 0.05) is 19.1 Å². The molecule has 1 aliphatic carbocycles. The molecule has 1 fully saturated rings. The second kappa shape index (κ2) is 5.87. The number of benzene rings is 1. The Bertz CT molecular complexity index is 396. The first-order valence-electron chi connectivity index (χ1n) is 6.40. The molecule has 0 aliphatic heterocycles. The summed E-state index contributed by atoms with van der Waals surface area (Å²) in [5, 5.41) is 5.77. The molecule has 2 N–H and O–H groups in total. The standard InChI is InChI=1S/C14H21N3O/c1-17(2)10-12-5-3-11(4-6-12)9-15-14(18)16-13-7-8-13/h3-6,13H,7-10H2,1-2H3,(H2,15,16,18). The molecular formula is C14H21N3O. The Kier molecular flexibility index (Phi) is 4.20. The molecule has 1 aromatic carbocycles. The average molecular weight is 247 g/mol. The third-order valence-corrected chi connectivity index (χ3v) is 2.89. The zero-order valence-corrected chi connectivity index (χ0v) is 11.1. The molecule has 0 radical (unpaired) electrons.